The molecule has 0 saturated heterocycles. The molecule has 2 N–H and O–H groups in total. The van der Waals surface area contributed by atoms with Crippen LogP contribution < -0.4 is 5.73 Å². The summed E-state index contributed by atoms with van der Waals surface area (Å²) in [4.78, 5) is 3.97. The third-order valence-corrected chi connectivity index (χ3v) is 4.03. The molecular weight excluding hydrogens is 376 g/mol. The van der Waals surface area contributed by atoms with E-state index in [4.69, 9.17) is 5.73 Å². The molecule has 0 aliphatic rings. The first kappa shape index (κ1) is 17.6. The SMILES string of the molecule is Nc1ncc(-c2cc(F)ccc2F)cc1-c1nnnn1-c1cccc(F)c1F. The van der Waals surface area contributed by atoms with Crippen molar-refractivity contribution in [2.45, 2.75) is 0 Å². The highest BCUT2D eigenvalue weighted by molar-refractivity contribution is 5.76. The molecule has 2 aromatic heterocycles. The zero-order valence-electron chi connectivity index (χ0n) is 13.9. The number of nitrogen functional groups attached to an aromatic ring is 1. The fourth-order valence-electron chi connectivity index (χ4n) is 2.69. The Morgan fingerprint density at radius 3 is 2.54 bits per heavy atom. The van der Waals surface area contributed by atoms with E-state index in [2.05, 4.69) is 20.5 Å². The second kappa shape index (κ2) is 6.72. The molecule has 10 heteroatoms. The normalized spacial score (nSPS) is 11.0. The third-order valence-electron chi connectivity index (χ3n) is 4.03. The van der Waals surface area contributed by atoms with Gasteiger partial charge in [0.15, 0.2) is 17.5 Å². The summed E-state index contributed by atoms with van der Waals surface area (Å²) >= 11 is 0. The lowest BCUT2D eigenvalue weighted by Crippen LogP contribution is -2.06. The molecule has 2 aromatic carbocycles. The van der Waals surface area contributed by atoms with E-state index in [1.807, 2.05) is 0 Å². The Morgan fingerprint density at radius 2 is 1.71 bits per heavy atom. The summed E-state index contributed by atoms with van der Waals surface area (Å²) in [5.74, 6) is -3.63. The van der Waals surface area contributed by atoms with Crippen LogP contribution in [0.3, 0.4) is 0 Å². The molecule has 0 radical (unpaired) electrons. The second-order valence-electron chi connectivity index (χ2n) is 5.77. The topological polar surface area (TPSA) is 82.5 Å². The van der Waals surface area contributed by atoms with E-state index in [1.54, 1.807) is 0 Å². The summed E-state index contributed by atoms with van der Waals surface area (Å²) in [5.41, 5.74) is 5.92. The highest BCUT2D eigenvalue weighted by Gasteiger charge is 2.20. The largest absolute Gasteiger partial charge is 0.383 e. The molecule has 140 valence electrons. The van der Waals surface area contributed by atoms with Crippen molar-refractivity contribution in [1.82, 2.24) is 25.2 Å². The van der Waals surface area contributed by atoms with Crippen LogP contribution in [0.5, 0.6) is 0 Å². The number of nitrogens with zero attached hydrogens (tertiary/aromatic N) is 5. The molecule has 0 fully saturated rings. The number of rotatable bonds is 3. The summed E-state index contributed by atoms with van der Waals surface area (Å²) in [6.07, 6.45) is 1.26. The molecule has 6 nitrogen and oxygen atoms in total. The zero-order chi connectivity index (χ0) is 19.8. The molecule has 2 heterocycles. The average molecular weight is 386 g/mol. The van der Waals surface area contributed by atoms with Gasteiger partial charge in [-0.3, -0.25) is 0 Å². The van der Waals surface area contributed by atoms with Gasteiger partial charge in [-0.2, -0.15) is 4.68 Å². The Balaban J connectivity index is 1.89. The summed E-state index contributed by atoms with van der Waals surface area (Å²) < 4.78 is 56.3. The maximum Gasteiger partial charge on any atom is 0.190 e. The fraction of sp³-hybridized carbons (Fsp3) is 0. The predicted molar refractivity (Wildman–Crippen MR) is 92.1 cm³/mol. The van der Waals surface area contributed by atoms with Crippen LogP contribution in [0.15, 0.2) is 48.7 Å². The first-order chi connectivity index (χ1) is 13.5. The van der Waals surface area contributed by atoms with Crippen molar-refractivity contribution in [2.75, 3.05) is 5.73 Å². The number of anilines is 1. The van der Waals surface area contributed by atoms with Crippen molar-refractivity contribution < 1.29 is 17.6 Å². The molecule has 0 amide bonds. The number of pyridine rings is 1. The van der Waals surface area contributed by atoms with E-state index >= 15 is 0 Å². The zero-order valence-corrected chi connectivity index (χ0v) is 13.9. The van der Waals surface area contributed by atoms with Crippen LogP contribution >= 0.6 is 0 Å². The van der Waals surface area contributed by atoms with Gasteiger partial charge in [0.05, 0.1) is 5.56 Å². The number of aromatic nitrogens is 5. The molecule has 0 aliphatic carbocycles. The highest BCUT2D eigenvalue weighted by atomic mass is 19.2. The van der Waals surface area contributed by atoms with E-state index < -0.39 is 23.3 Å². The van der Waals surface area contributed by atoms with Crippen molar-refractivity contribution in [1.29, 1.82) is 0 Å². The third kappa shape index (κ3) is 2.94. The van der Waals surface area contributed by atoms with Gasteiger partial charge in [0.2, 0.25) is 0 Å². The molecule has 0 saturated carbocycles. The Morgan fingerprint density at radius 1 is 0.893 bits per heavy atom. The van der Waals surface area contributed by atoms with Crippen molar-refractivity contribution in [2.24, 2.45) is 0 Å². The monoisotopic (exact) mass is 386 g/mol. The fourth-order valence-corrected chi connectivity index (χ4v) is 2.69. The van der Waals surface area contributed by atoms with Crippen LogP contribution in [0, 0.1) is 23.3 Å². The summed E-state index contributed by atoms with van der Waals surface area (Å²) in [6, 6.07) is 7.87. The van der Waals surface area contributed by atoms with Crippen molar-refractivity contribution in [3.05, 3.63) is 71.9 Å². The standard InChI is InChI=1S/C18H10F4N6/c19-10-4-5-13(20)11(7-10)9-6-12(17(23)24-8-9)18-25-26-27-28(18)15-3-1-2-14(21)16(15)22/h1-8H,(H2,23,24). The Bertz CT molecular complexity index is 1190. The number of hydrogen-bond donors (Lipinski definition) is 1. The van der Waals surface area contributed by atoms with Gasteiger partial charge in [0, 0.05) is 17.3 Å². The molecule has 28 heavy (non-hydrogen) atoms. The molecule has 0 aliphatic heterocycles. The van der Waals surface area contributed by atoms with Crippen LogP contribution in [0.2, 0.25) is 0 Å². The maximum atomic E-state index is 14.2. The lowest BCUT2D eigenvalue weighted by molar-refractivity contribution is 0.501. The Labute approximate surface area is 155 Å². The van der Waals surface area contributed by atoms with Crippen LogP contribution in [0.1, 0.15) is 0 Å². The van der Waals surface area contributed by atoms with E-state index in [-0.39, 0.29) is 34.0 Å². The van der Waals surface area contributed by atoms with E-state index in [0.29, 0.717) is 0 Å². The van der Waals surface area contributed by atoms with Gasteiger partial charge in [-0.05, 0) is 46.8 Å². The van der Waals surface area contributed by atoms with Crippen LogP contribution in [-0.4, -0.2) is 25.2 Å². The van der Waals surface area contributed by atoms with Crippen molar-refractivity contribution in [3.63, 3.8) is 0 Å². The van der Waals surface area contributed by atoms with Gasteiger partial charge < -0.3 is 5.73 Å². The number of nitrogens with two attached hydrogens (primary N) is 1. The lowest BCUT2D eigenvalue weighted by atomic mass is 10.0. The van der Waals surface area contributed by atoms with Gasteiger partial charge >= 0.3 is 0 Å². The number of hydrogen-bond acceptors (Lipinski definition) is 5. The Hall–Kier alpha value is -3.82. The summed E-state index contributed by atoms with van der Waals surface area (Å²) in [5, 5.41) is 10.9. The van der Waals surface area contributed by atoms with E-state index in [1.165, 1.54) is 24.4 Å². The molecular formula is C18H10F4N6. The van der Waals surface area contributed by atoms with Gasteiger partial charge in [0.1, 0.15) is 23.1 Å². The van der Waals surface area contributed by atoms with Gasteiger partial charge in [-0.1, -0.05) is 6.07 Å². The first-order valence-electron chi connectivity index (χ1n) is 7.90. The minimum absolute atomic E-state index is 0.0339. The summed E-state index contributed by atoms with van der Waals surface area (Å²) in [6.45, 7) is 0. The maximum absolute atomic E-state index is 14.2. The van der Waals surface area contributed by atoms with E-state index in [0.717, 1.165) is 28.9 Å². The minimum atomic E-state index is -1.16. The van der Waals surface area contributed by atoms with Crippen LogP contribution in [0.25, 0.3) is 28.2 Å². The van der Waals surface area contributed by atoms with Gasteiger partial charge in [0.25, 0.3) is 0 Å². The molecule has 4 aromatic rings. The van der Waals surface area contributed by atoms with E-state index in [9.17, 15) is 17.6 Å². The second-order valence-corrected chi connectivity index (χ2v) is 5.77. The quantitative estimate of drug-likeness (QED) is 0.545. The number of tetrazole rings is 1. The van der Waals surface area contributed by atoms with Crippen molar-refractivity contribution >= 4 is 5.82 Å². The predicted octanol–water partition coefficient (Wildman–Crippen LogP) is 3.53. The first-order valence-corrected chi connectivity index (χ1v) is 7.90. The van der Waals surface area contributed by atoms with Crippen molar-refractivity contribution in [3.8, 4) is 28.2 Å². The number of halogens is 4. The lowest BCUT2D eigenvalue weighted by Gasteiger charge is -2.10. The average Bonchev–Trinajstić information content (AvgIpc) is 3.16. The van der Waals surface area contributed by atoms with Crippen LogP contribution in [0.4, 0.5) is 23.4 Å². The number of benzene rings is 2. The Kier molecular flexibility index (Phi) is 4.22. The molecule has 4 rings (SSSR count). The molecule has 0 unspecified atom stereocenters. The smallest absolute Gasteiger partial charge is 0.190 e. The molecule has 0 bridgehead atoms. The van der Waals surface area contributed by atoms with Crippen LogP contribution in [-0.2, 0) is 0 Å². The van der Waals surface area contributed by atoms with Gasteiger partial charge in [-0.25, -0.2) is 22.5 Å². The summed E-state index contributed by atoms with van der Waals surface area (Å²) in [7, 11) is 0. The highest BCUT2D eigenvalue weighted by Crippen LogP contribution is 2.31. The van der Waals surface area contributed by atoms with Gasteiger partial charge in [-0.15, -0.1) is 5.10 Å². The molecule has 0 atom stereocenters. The molecule has 0 spiro atoms. The minimum Gasteiger partial charge on any atom is -0.383 e.